The summed E-state index contributed by atoms with van der Waals surface area (Å²) in [5.74, 6) is -0.939. The molecule has 0 aliphatic heterocycles. The number of anilines is 1. The summed E-state index contributed by atoms with van der Waals surface area (Å²) in [6.07, 6.45) is 2.88. The van der Waals surface area contributed by atoms with Crippen molar-refractivity contribution in [3.63, 3.8) is 0 Å². The number of aromatic nitrogens is 3. The summed E-state index contributed by atoms with van der Waals surface area (Å²) in [5, 5.41) is 14.1. The maximum atomic E-state index is 13.3. The number of amides is 2. The first kappa shape index (κ1) is 30.8. The molecule has 0 aliphatic rings. The number of nitrogens with zero attached hydrogens (tertiary/aromatic N) is 4. The molecule has 2 amide bonds. The van der Waals surface area contributed by atoms with Crippen molar-refractivity contribution in [2.75, 3.05) is 17.6 Å². The van der Waals surface area contributed by atoms with Crippen LogP contribution in [0, 0.1) is 0 Å². The second kappa shape index (κ2) is 12.2. The van der Waals surface area contributed by atoms with Gasteiger partial charge in [0, 0.05) is 41.9 Å². The van der Waals surface area contributed by atoms with Gasteiger partial charge in [-0.3, -0.25) is 18.6 Å². The highest BCUT2D eigenvalue weighted by atomic mass is 32.2. The minimum Gasteiger partial charge on any atom is -0.348 e. The molecule has 0 bridgehead atoms. The van der Waals surface area contributed by atoms with E-state index in [2.05, 4.69) is 20.9 Å². The molecule has 0 fully saturated rings. The minimum atomic E-state index is -3.65. The van der Waals surface area contributed by atoms with Gasteiger partial charge in [-0.05, 0) is 37.6 Å². The lowest BCUT2D eigenvalue weighted by Gasteiger charge is -2.23. The van der Waals surface area contributed by atoms with Crippen molar-refractivity contribution >= 4 is 27.5 Å². The van der Waals surface area contributed by atoms with E-state index in [9.17, 15) is 18.0 Å². The van der Waals surface area contributed by atoms with E-state index in [0.717, 1.165) is 21.8 Å². The van der Waals surface area contributed by atoms with Crippen molar-refractivity contribution in [2.24, 2.45) is 5.73 Å². The number of carbonyl (C=O) groups is 2. The smallest absolute Gasteiger partial charge is 0.251 e. The van der Waals surface area contributed by atoms with E-state index in [-0.39, 0.29) is 28.3 Å². The quantitative estimate of drug-likeness (QED) is 0.339. The molecule has 0 spiro atoms. The van der Waals surface area contributed by atoms with Crippen molar-refractivity contribution in [3.8, 4) is 0 Å². The van der Waals surface area contributed by atoms with Crippen LogP contribution in [0.4, 0.5) is 5.69 Å². The highest BCUT2D eigenvalue weighted by Gasteiger charge is 2.23. The lowest BCUT2D eigenvalue weighted by atomic mass is 9.93. The van der Waals surface area contributed by atoms with Crippen LogP contribution in [0.15, 0.2) is 54.7 Å². The van der Waals surface area contributed by atoms with Crippen LogP contribution in [0.1, 0.15) is 72.6 Å². The maximum absolute atomic E-state index is 13.3. The van der Waals surface area contributed by atoms with Crippen molar-refractivity contribution in [3.05, 3.63) is 77.1 Å². The number of hydrogen-bond donors (Lipinski definition) is 3. The van der Waals surface area contributed by atoms with Crippen LogP contribution in [0.25, 0.3) is 0 Å². The van der Waals surface area contributed by atoms with Gasteiger partial charge in [0.05, 0.1) is 30.2 Å². The van der Waals surface area contributed by atoms with E-state index in [1.807, 2.05) is 64.2 Å². The third kappa shape index (κ3) is 7.89. The zero-order valence-electron chi connectivity index (χ0n) is 24.0. The van der Waals surface area contributed by atoms with Gasteiger partial charge < -0.3 is 16.4 Å². The Morgan fingerprint density at radius 1 is 1.02 bits per heavy atom. The van der Waals surface area contributed by atoms with Crippen LogP contribution >= 0.6 is 0 Å². The fourth-order valence-corrected chi connectivity index (χ4v) is 4.34. The number of carbonyl (C=O) groups excluding carboxylic acids is 2. The molecule has 12 heteroatoms. The molecule has 0 saturated carbocycles. The average molecular weight is 570 g/mol. The van der Waals surface area contributed by atoms with Gasteiger partial charge in [-0.1, -0.05) is 56.3 Å². The number of rotatable bonds is 10. The standard InChI is InChI=1S/C28H39N7O4S/c1-18(20-11-9-8-10-12-20)30-26(36)21-13-22(15-23(14-21)34(6)40(7,38)39)27(37)31-19(2)24(29)16-35-17-25(32-33-35)28(3,4)5/h8-15,17-19,24H,16,29H2,1-7H3,(H,30,36)(H,31,37)/t18-,19+,24+/m1/s1. The van der Waals surface area contributed by atoms with Crippen LogP contribution in [-0.4, -0.2) is 60.6 Å². The SMILES string of the molecule is C[C@H](NC(=O)c1cc(C(=O)N[C@H](C)c2ccccc2)cc(N(C)S(C)(=O)=O)c1)[C@@H](N)Cn1cc(C(C)(C)C)nn1. The van der Waals surface area contributed by atoms with E-state index in [1.54, 1.807) is 11.6 Å². The monoisotopic (exact) mass is 569 g/mol. The summed E-state index contributed by atoms with van der Waals surface area (Å²) in [6.45, 7) is 10.1. The Labute approximate surface area is 236 Å². The van der Waals surface area contributed by atoms with Crippen LogP contribution in [0.5, 0.6) is 0 Å². The van der Waals surface area contributed by atoms with Crippen LogP contribution in [0.2, 0.25) is 0 Å². The van der Waals surface area contributed by atoms with E-state index in [0.29, 0.717) is 6.54 Å². The zero-order valence-corrected chi connectivity index (χ0v) is 24.9. The lowest BCUT2D eigenvalue weighted by Crippen LogP contribution is -2.48. The average Bonchev–Trinajstić information content (AvgIpc) is 3.37. The first-order valence-corrected chi connectivity index (χ1v) is 14.8. The molecular formula is C28H39N7O4S. The van der Waals surface area contributed by atoms with E-state index < -0.39 is 33.9 Å². The summed E-state index contributed by atoms with van der Waals surface area (Å²) in [7, 11) is -2.29. The van der Waals surface area contributed by atoms with Crippen molar-refractivity contribution in [1.29, 1.82) is 0 Å². The Hall–Kier alpha value is -3.77. The molecule has 216 valence electrons. The number of nitrogens with two attached hydrogens (primary N) is 1. The van der Waals surface area contributed by atoms with E-state index >= 15 is 0 Å². The molecule has 4 N–H and O–H groups in total. The highest BCUT2D eigenvalue weighted by Crippen LogP contribution is 2.22. The lowest BCUT2D eigenvalue weighted by molar-refractivity contribution is 0.0932. The zero-order chi connectivity index (χ0) is 29.8. The largest absolute Gasteiger partial charge is 0.348 e. The normalized spacial score (nSPS) is 14.2. The minimum absolute atomic E-state index is 0.125. The highest BCUT2D eigenvalue weighted by molar-refractivity contribution is 7.92. The van der Waals surface area contributed by atoms with Gasteiger partial charge in [-0.2, -0.15) is 0 Å². The van der Waals surface area contributed by atoms with Crippen molar-refractivity contribution in [1.82, 2.24) is 25.6 Å². The molecule has 0 saturated heterocycles. The first-order chi connectivity index (χ1) is 18.6. The molecule has 1 aromatic heterocycles. The van der Waals surface area contributed by atoms with Gasteiger partial charge in [0.15, 0.2) is 0 Å². The summed E-state index contributed by atoms with van der Waals surface area (Å²) in [5.41, 5.74) is 8.40. The Morgan fingerprint density at radius 2 is 1.60 bits per heavy atom. The van der Waals surface area contributed by atoms with Gasteiger partial charge in [0.2, 0.25) is 10.0 Å². The van der Waals surface area contributed by atoms with E-state index in [1.165, 1.54) is 25.2 Å². The molecule has 3 rings (SSSR count). The van der Waals surface area contributed by atoms with Crippen LogP contribution in [-0.2, 0) is 22.0 Å². The second-order valence-corrected chi connectivity index (χ2v) is 13.1. The topological polar surface area (TPSA) is 152 Å². The maximum Gasteiger partial charge on any atom is 0.251 e. The number of hydrogen-bond acceptors (Lipinski definition) is 7. The molecule has 3 atom stereocenters. The fourth-order valence-electron chi connectivity index (χ4n) is 3.85. The van der Waals surface area contributed by atoms with Crippen molar-refractivity contribution in [2.45, 2.75) is 64.7 Å². The second-order valence-electron chi connectivity index (χ2n) is 11.1. The Balaban J connectivity index is 1.82. The summed E-state index contributed by atoms with van der Waals surface area (Å²) >= 11 is 0. The predicted octanol–water partition coefficient (Wildman–Crippen LogP) is 2.61. The summed E-state index contributed by atoms with van der Waals surface area (Å²) in [4.78, 5) is 26.5. The van der Waals surface area contributed by atoms with Gasteiger partial charge >= 0.3 is 0 Å². The predicted molar refractivity (Wildman–Crippen MR) is 156 cm³/mol. The van der Waals surface area contributed by atoms with Crippen LogP contribution in [0.3, 0.4) is 0 Å². The Bertz CT molecular complexity index is 1450. The molecule has 0 radical (unpaired) electrons. The third-order valence-corrected chi connectivity index (χ3v) is 7.86. The Morgan fingerprint density at radius 3 is 2.12 bits per heavy atom. The van der Waals surface area contributed by atoms with Crippen molar-refractivity contribution < 1.29 is 18.0 Å². The molecule has 11 nitrogen and oxygen atoms in total. The fraction of sp³-hybridized carbons (Fsp3) is 0.429. The third-order valence-electron chi connectivity index (χ3n) is 6.66. The summed E-state index contributed by atoms with van der Waals surface area (Å²) < 4.78 is 27.2. The molecule has 0 aliphatic carbocycles. The van der Waals surface area contributed by atoms with Gasteiger partial charge in [0.1, 0.15) is 0 Å². The molecule has 40 heavy (non-hydrogen) atoms. The molecular weight excluding hydrogens is 530 g/mol. The Kier molecular flexibility index (Phi) is 9.36. The van der Waals surface area contributed by atoms with Gasteiger partial charge in [-0.15, -0.1) is 5.10 Å². The van der Waals surface area contributed by atoms with Gasteiger partial charge in [-0.25, -0.2) is 8.42 Å². The molecule has 1 heterocycles. The molecule has 0 unspecified atom stereocenters. The van der Waals surface area contributed by atoms with E-state index in [4.69, 9.17) is 5.73 Å². The van der Waals surface area contributed by atoms with Gasteiger partial charge in [0.25, 0.3) is 11.8 Å². The molecule has 3 aromatic rings. The number of nitrogens with one attached hydrogen (secondary N) is 2. The molecule has 2 aromatic carbocycles. The summed E-state index contributed by atoms with van der Waals surface area (Å²) in [6, 6.07) is 12.5. The first-order valence-electron chi connectivity index (χ1n) is 13.0. The number of sulfonamides is 1. The van der Waals surface area contributed by atoms with Crippen LogP contribution < -0.4 is 20.7 Å². The number of benzene rings is 2.